The van der Waals surface area contributed by atoms with Gasteiger partial charge in [0.1, 0.15) is 0 Å². The highest BCUT2D eigenvalue weighted by atomic mass is 32.2. The Labute approximate surface area is 109 Å². The summed E-state index contributed by atoms with van der Waals surface area (Å²) in [4.78, 5) is 0.295. The number of hydrogen-bond acceptors (Lipinski definition) is 2. The SMILES string of the molecule is C=C(C)C(=C)CCCNS(=O)(=O)c1ccccc1. The van der Waals surface area contributed by atoms with Crippen molar-refractivity contribution in [3.8, 4) is 0 Å². The third kappa shape index (κ3) is 4.47. The average molecular weight is 265 g/mol. The molecule has 3 nitrogen and oxygen atoms in total. The molecule has 0 spiro atoms. The Bertz CT molecular complexity index is 518. The maximum absolute atomic E-state index is 11.9. The van der Waals surface area contributed by atoms with Crippen molar-refractivity contribution in [1.29, 1.82) is 0 Å². The van der Waals surface area contributed by atoms with Gasteiger partial charge in [-0.2, -0.15) is 0 Å². The van der Waals surface area contributed by atoms with Crippen LogP contribution >= 0.6 is 0 Å². The molecule has 0 amide bonds. The molecule has 4 heteroatoms. The first-order chi connectivity index (χ1) is 8.43. The molecule has 0 saturated carbocycles. The highest BCUT2D eigenvalue weighted by Gasteiger charge is 2.11. The van der Waals surface area contributed by atoms with E-state index in [1.807, 2.05) is 6.92 Å². The smallest absolute Gasteiger partial charge is 0.211 e. The lowest BCUT2D eigenvalue weighted by atomic mass is 10.1. The molecule has 1 aromatic rings. The van der Waals surface area contributed by atoms with E-state index < -0.39 is 10.0 Å². The molecule has 0 unspecified atom stereocenters. The fraction of sp³-hybridized carbons (Fsp3) is 0.286. The quantitative estimate of drug-likeness (QED) is 0.608. The molecular weight excluding hydrogens is 246 g/mol. The van der Waals surface area contributed by atoms with E-state index in [0.717, 1.165) is 24.0 Å². The predicted molar refractivity (Wildman–Crippen MR) is 74.8 cm³/mol. The van der Waals surface area contributed by atoms with Crippen LogP contribution in [-0.2, 0) is 10.0 Å². The second-order valence-corrected chi connectivity index (χ2v) is 5.97. The molecule has 0 saturated heterocycles. The van der Waals surface area contributed by atoms with Crippen LogP contribution in [0.1, 0.15) is 19.8 Å². The van der Waals surface area contributed by atoms with Crippen LogP contribution in [0.15, 0.2) is 59.5 Å². The summed E-state index contributed by atoms with van der Waals surface area (Å²) >= 11 is 0. The van der Waals surface area contributed by atoms with Crippen LogP contribution in [0.5, 0.6) is 0 Å². The van der Waals surface area contributed by atoms with Crippen LogP contribution in [0.25, 0.3) is 0 Å². The van der Waals surface area contributed by atoms with Gasteiger partial charge in [-0.3, -0.25) is 0 Å². The first-order valence-corrected chi connectivity index (χ1v) is 7.30. The van der Waals surface area contributed by atoms with Crippen LogP contribution in [-0.4, -0.2) is 15.0 Å². The molecule has 0 aliphatic heterocycles. The second-order valence-electron chi connectivity index (χ2n) is 4.20. The van der Waals surface area contributed by atoms with Crippen molar-refractivity contribution >= 4 is 10.0 Å². The molecule has 98 valence electrons. The number of allylic oxidation sites excluding steroid dienone is 2. The van der Waals surface area contributed by atoms with E-state index in [-0.39, 0.29) is 0 Å². The molecule has 18 heavy (non-hydrogen) atoms. The monoisotopic (exact) mass is 265 g/mol. The van der Waals surface area contributed by atoms with Crippen molar-refractivity contribution in [2.75, 3.05) is 6.54 Å². The van der Waals surface area contributed by atoms with Gasteiger partial charge in [0.25, 0.3) is 0 Å². The topological polar surface area (TPSA) is 46.2 Å². The maximum Gasteiger partial charge on any atom is 0.240 e. The van der Waals surface area contributed by atoms with Gasteiger partial charge in [0.15, 0.2) is 0 Å². The fourth-order valence-electron chi connectivity index (χ4n) is 1.40. The van der Waals surface area contributed by atoms with E-state index in [1.165, 1.54) is 0 Å². The molecule has 0 aliphatic carbocycles. The summed E-state index contributed by atoms with van der Waals surface area (Å²) in [5.41, 5.74) is 1.91. The maximum atomic E-state index is 11.9. The average Bonchev–Trinajstić information content (AvgIpc) is 2.35. The zero-order valence-electron chi connectivity index (χ0n) is 10.6. The van der Waals surface area contributed by atoms with Gasteiger partial charge in [-0.05, 0) is 31.9 Å². The summed E-state index contributed by atoms with van der Waals surface area (Å²) in [5, 5.41) is 0. The third-order valence-corrected chi connectivity index (χ3v) is 4.08. The van der Waals surface area contributed by atoms with E-state index in [9.17, 15) is 8.42 Å². The Morgan fingerprint density at radius 3 is 2.39 bits per heavy atom. The third-order valence-electron chi connectivity index (χ3n) is 2.60. The van der Waals surface area contributed by atoms with Crippen LogP contribution < -0.4 is 4.72 Å². The van der Waals surface area contributed by atoms with Crippen molar-refractivity contribution in [2.45, 2.75) is 24.7 Å². The van der Waals surface area contributed by atoms with Crippen LogP contribution in [0.4, 0.5) is 0 Å². The van der Waals surface area contributed by atoms with Gasteiger partial charge < -0.3 is 0 Å². The van der Waals surface area contributed by atoms with Crippen LogP contribution in [0, 0.1) is 0 Å². The molecule has 0 bridgehead atoms. The zero-order chi connectivity index (χ0) is 13.6. The van der Waals surface area contributed by atoms with Gasteiger partial charge in [-0.25, -0.2) is 13.1 Å². The van der Waals surface area contributed by atoms with Gasteiger partial charge in [-0.1, -0.05) is 42.5 Å². The number of benzene rings is 1. The van der Waals surface area contributed by atoms with E-state index in [2.05, 4.69) is 17.9 Å². The molecule has 1 rings (SSSR count). The fourth-order valence-corrected chi connectivity index (χ4v) is 2.50. The van der Waals surface area contributed by atoms with Crippen molar-refractivity contribution < 1.29 is 8.42 Å². The first kappa shape index (κ1) is 14.7. The molecule has 0 atom stereocenters. The summed E-state index contributed by atoms with van der Waals surface area (Å²) in [6.45, 7) is 9.97. The Balaban J connectivity index is 2.45. The van der Waals surface area contributed by atoms with E-state index in [1.54, 1.807) is 30.3 Å². The van der Waals surface area contributed by atoms with Gasteiger partial charge in [0.2, 0.25) is 10.0 Å². The minimum absolute atomic E-state index is 0.295. The van der Waals surface area contributed by atoms with Gasteiger partial charge in [0, 0.05) is 6.54 Å². The minimum atomic E-state index is -3.38. The van der Waals surface area contributed by atoms with E-state index >= 15 is 0 Å². The van der Waals surface area contributed by atoms with E-state index in [4.69, 9.17) is 0 Å². The van der Waals surface area contributed by atoms with E-state index in [0.29, 0.717) is 11.4 Å². The molecule has 0 radical (unpaired) electrons. The molecule has 0 fully saturated rings. The minimum Gasteiger partial charge on any atom is -0.211 e. The molecule has 1 aromatic carbocycles. The van der Waals surface area contributed by atoms with Crippen molar-refractivity contribution in [2.24, 2.45) is 0 Å². The van der Waals surface area contributed by atoms with Crippen molar-refractivity contribution in [3.63, 3.8) is 0 Å². The molecule has 0 aromatic heterocycles. The Morgan fingerprint density at radius 2 is 1.83 bits per heavy atom. The standard InChI is InChI=1S/C14H19NO2S/c1-12(2)13(3)8-7-11-15-18(16,17)14-9-5-4-6-10-14/h4-6,9-10,15H,1,3,7-8,11H2,2H3. The van der Waals surface area contributed by atoms with Gasteiger partial charge >= 0.3 is 0 Å². The number of rotatable bonds is 7. The van der Waals surface area contributed by atoms with Crippen LogP contribution in [0.2, 0.25) is 0 Å². The Kier molecular flexibility index (Phi) is 5.31. The first-order valence-electron chi connectivity index (χ1n) is 5.82. The molecule has 0 heterocycles. The highest BCUT2D eigenvalue weighted by molar-refractivity contribution is 7.89. The normalized spacial score (nSPS) is 11.2. The zero-order valence-corrected chi connectivity index (χ0v) is 11.5. The molecule has 1 N–H and O–H groups in total. The van der Waals surface area contributed by atoms with Crippen molar-refractivity contribution in [3.05, 3.63) is 54.6 Å². The Morgan fingerprint density at radius 1 is 1.22 bits per heavy atom. The molecule has 0 aliphatic rings. The van der Waals surface area contributed by atoms with Gasteiger partial charge in [0.05, 0.1) is 4.90 Å². The predicted octanol–water partition coefficient (Wildman–Crippen LogP) is 2.88. The van der Waals surface area contributed by atoms with Gasteiger partial charge in [-0.15, -0.1) is 0 Å². The lowest BCUT2D eigenvalue weighted by Crippen LogP contribution is -2.24. The summed E-state index contributed by atoms with van der Waals surface area (Å²) in [5.74, 6) is 0. The summed E-state index contributed by atoms with van der Waals surface area (Å²) in [7, 11) is -3.38. The lowest BCUT2D eigenvalue weighted by Gasteiger charge is -2.07. The number of hydrogen-bond donors (Lipinski definition) is 1. The summed E-state index contributed by atoms with van der Waals surface area (Å²) < 4.78 is 26.3. The summed E-state index contributed by atoms with van der Waals surface area (Å²) in [6.07, 6.45) is 1.48. The Hall–Kier alpha value is -1.39. The summed E-state index contributed by atoms with van der Waals surface area (Å²) in [6, 6.07) is 8.36. The highest BCUT2D eigenvalue weighted by Crippen LogP contribution is 2.11. The molecular formula is C14H19NO2S. The number of nitrogens with one attached hydrogen (secondary N) is 1. The van der Waals surface area contributed by atoms with Crippen LogP contribution in [0.3, 0.4) is 0 Å². The van der Waals surface area contributed by atoms with Crippen molar-refractivity contribution in [1.82, 2.24) is 4.72 Å². The lowest BCUT2D eigenvalue weighted by molar-refractivity contribution is 0.579. The second kappa shape index (κ2) is 6.52. The number of sulfonamides is 1. The largest absolute Gasteiger partial charge is 0.240 e.